The minimum Gasteiger partial charge on any atom is -0.493 e. The maximum absolute atomic E-state index is 5.92. The van der Waals surface area contributed by atoms with Gasteiger partial charge in [0.1, 0.15) is 6.61 Å². The molecule has 0 aliphatic carbocycles. The first-order chi connectivity index (χ1) is 12.9. The van der Waals surface area contributed by atoms with Crippen LogP contribution in [0, 0.1) is 5.92 Å². The number of nitrogens with zero attached hydrogens (tertiary/aromatic N) is 2. The molecular formula is C21H39IN4O2. The van der Waals surface area contributed by atoms with Gasteiger partial charge in [-0.2, -0.15) is 0 Å². The fraction of sp³-hybridized carbons (Fsp3) is 0.667. The van der Waals surface area contributed by atoms with Gasteiger partial charge in [-0.3, -0.25) is 4.99 Å². The maximum Gasteiger partial charge on any atom is 0.191 e. The van der Waals surface area contributed by atoms with Crippen molar-refractivity contribution in [2.75, 3.05) is 40.4 Å². The van der Waals surface area contributed by atoms with Crippen molar-refractivity contribution in [3.63, 3.8) is 0 Å². The van der Waals surface area contributed by atoms with Crippen molar-refractivity contribution >= 4 is 29.9 Å². The van der Waals surface area contributed by atoms with Crippen LogP contribution in [0.5, 0.6) is 11.5 Å². The second kappa shape index (κ2) is 14.7. The normalized spacial score (nSPS) is 12.5. The largest absolute Gasteiger partial charge is 0.493 e. The van der Waals surface area contributed by atoms with E-state index in [1.807, 2.05) is 12.1 Å². The molecule has 1 aromatic rings. The van der Waals surface area contributed by atoms with Gasteiger partial charge in [0.15, 0.2) is 17.5 Å². The van der Waals surface area contributed by atoms with E-state index in [0.717, 1.165) is 42.7 Å². The third kappa shape index (κ3) is 9.32. The molecule has 0 aliphatic heterocycles. The number of hydrogen-bond acceptors (Lipinski definition) is 4. The number of likely N-dealkylation sites (N-methyl/N-ethyl adjacent to an activating group) is 1. The molecular weight excluding hydrogens is 467 g/mol. The smallest absolute Gasteiger partial charge is 0.191 e. The molecule has 0 bridgehead atoms. The van der Waals surface area contributed by atoms with Crippen molar-refractivity contribution in [3.05, 3.63) is 23.8 Å². The molecule has 0 saturated carbocycles. The molecule has 1 unspecified atom stereocenters. The van der Waals surface area contributed by atoms with E-state index in [1.54, 1.807) is 14.2 Å². The van der Waals surface area contributed by atoms with Crippen LogP contribution in [-0.2, 0) is 6.54 Å². The van der Waals surface area contributed by atoms with Crippen molar-refractivity contribution in [2.24, 2.45) is 10.9 Å². The Morgan fingerprint density at radius 2 is 1.82 bits per heavy atom. The predicted molar refractivity (Wildman–Crippen MR) is 129 cm³/mol. The second-order valence-corrected chi connectivity index (χ2v) is 6.96. The SMILES string of the molecule is CCN(CC)CCOc1ccc(CNC(=NC)NC(C)C(C)C)cc1OC.I. The highest BCUT2D eigenvalue weighted by atomic mass is 127. The third-order valence-electron chi connectivity index (χ3n) is 4.84. The summed E-state index contributed by atoms with van der Waals surface area (Å²) in [5.41, 5.74) is 1.11. The minimum absolute atomic E-state index is 0. The first-order valence-electron chi connectivity index (χ1n) is 9.94. The van der Waals surface area contributed by atoms with Crippen LogP contribution in [0.1, 0.15) is 40.2 Å². The van der Waals surface area contributed by atoms with E-state index >= 15 is 0 Å². The number of guanidine groups is 1. The first-order valence-corrected chi connectivity index (χ1v) is 9.94. The number of methoxy groups -OCH3 is 1. The Labute approximate surface area is 188 Å². The molecule has 28 heavy (non-hydrogen) atoms. The van der Waals surface area contributed by atoms with Gasteiger partial charge in [-0.25, -0.2) is 0 Å². The van der Waals surface area contributed by atoms with Gasteiger partial charge in [0.2, 0.25) is 0 Å². The molecule has 162 valence electrons. The summed E-state index contributed by atoms with van der Waals surface area (Å²) in [4.78, 5) is 6.63. The van der Waals surface area contributed by atoms with Crippen LogP contribution in [-0.4, -0.2) is 57.3 Å². The number of rotatable bonds is 11. The minimum atomic E-state index is 0. The molecule has 0 radical (unpaired) electrons. The Balaban J connectivity index is 0.00000729. The standard InChI is InChI=1S/C21H38N4O2.HI/c1-8-25(9-2)12-13-27-19-11-10-18(14-20(19)26-7)15-23-21(22-6)24-17(5)16(3)4;/h10-11,14,16-17H,8-9,12-13,15H2,1-7H3,(H2,22,23,24);1H. The number of ether oxygens (including phenoxy) is 2. The van der Waals surface area contributed by atoms with Crippen molar-refractivity contribution in [2.45, 2.75) is 47.2 Å². The van der Waals surface area contributed by atoms with E-state index in [9.17, 15) is 0 Å². The van der Waals surface area contributed by atoms with E-state index in [2.05, 4.69) is 61.2 Å². The number of halogens is 1. The number of aliphatic imine (C=N–C) groups is 1. The van der Waals surface area contributed by atoms with Crippen molar-refractivity contribution < 1.29 is 9.47 Å². The topological polar surface area (TPSA) is 58.1 Å². The van der Waals surface area contributed by atoms with E-state index in [-0.39, 0.29) is 24.0 Å². The third-order valence-corrected chi connectivity index (χ3v) is 4.84. The summed E-state index contributed by atoms with van der Waals surface area (Å²) < 4.78 is 11.4. The number of benzene rings is 1. The van der Waals surface area contributed by atoms with Crippen LogP contribution >= 0.6 is 24.0 Å². The summed E-state index contributed by atoms with van der Waals surface area (Å²) in [6.07, 6.45) is 0. The highest BCUT2D eigenvalue weighted by molar-refractivity contribution is 14.0. The maximum atomic E-state index is 5.92. The zero-order chi connectivity index (χ0) is 20.2. The molecule has 1 atom stereocenters. The fourth-order valence-electron chi connectivity index (χ4n) is 2.53. The van der Waals surface area contributed by atoms with E-state index in [0.29, 0.717) is 25.1 Å². The number of nitrogens with one attached hydrogen (secondary N) is 2. The molecule has 0 aliphatic rings. The predicted octanol–water partition coefficient (Wildman–Crippen LogP) is 3.74. The van der Waals surface area contributed by atoms with Gasteiger partial charge >= 0.3 is 0 Å². The van der Waals surface area contributed by atoms with Crippen LogP contribution in [0.4, 0.5) is 0 Å². The van der Waals surface area contributed by atoms with E-state index in [1.165, 1.54) is 0 Å². The van der Waals surface area contributed by atoms with Crippen LogP contribution in [0.25, 0.3) is 0 Å². The van der Waals surface area contributed by atoms with Crippen LogP contribution in [0.15, 0.2) is 23.2 Å². The molecule has 2 N–H and O–H groups in total. The van der Waals surface area contributed by atoms with E-state index < -0.39 is 0 Å². The van der Waals surface area contributed by atoms with Crippen LogP contribution < -0.4 is 20.1 Å². The molecule has 0 heterocycles. The summed E-state index contributed by atoms with van der Waals surface area (Å²) in [6, 6.07) is 6.40. The van der Waals surface area contributed by atoms with Crippen LogP contribution in [0.2, 0.25) is 0 Å². The summed E-state index contributed by atoms with van der Waals surface area (Å²) in [5, 5.41) is 6.76. The van der Waals surface area contributed by atoms with Gasteiger partial charge in [-0.15, -0.1) is 24.0 Å². The summed E-state index contributed by atoms with van der Waals surface area (Å²) in [7, 11) is 3.46. The van der Waals surface area contributed by atoms with Gasteiger partial charge in [0.25, 0.3) is 0 Å². The van der Waals surface area contributed by atoms with Gasteiger partial charge in [0, 0.05) is 26.2 Å². The lowest BCUT2D eigenvalue weighted by Crippen LogP contribution is -2.43. The van der Waals surface area contributed by atoms with Gasteiger partial charge < -0.3 is 25.0 Å². The highest BCUT2D eigenvalue weighted by Crippen LogP contribution is 2.28. The van der Waals surface area contributed by atoms with Gasteiger partial charge in [-0.1, -0.05) is 33.8 Å². The zero-order valence-electron chi connectivity index (χ0n) is 18.5. The molecule has 0 fully saturated rings. The zero-order valence-corrected chi connectivity index (χ0v) is 20.9. The van der Waals surface area contributed by atoms with E-state index in [4.69, 9.17) is 9.47 Å². The molecule has 0 saturated heterocycles. The van der Waals surface area contributed by atoms with Gasteiger partial charge in [0.05, 0.1) is 7.11 Å². The first kappa shape index (κ1) is 26.8. The van der Waals surface area contributed by atoms with Gasteiger partial charge in [-0.05, 0) is 43.6 Å². The summed E-state index contributed by atoms with van der Waals surface area (Å²) in [5.74, 6) is 2.88. The molecule has 1 aromatic carbocycles. The molecule has 0 amide bonds. The fourth-order valence-corrected chi connectivity index (χ4v) is 2.53. The Hall–Kier alpha value is -1.22. The summed E-state index contributed by atoms with van der Waals surface area (Å²) >= 11 is 0. The molecule has 1 rings (SSSR count). The van der Waals surface area contributed by atoms with Crippen LogP contribution in [0.3, 0.4) is 0 Å². The second-order valence-electron chi connectivity index (χ2n) is 6.96. The monoisotopic (exact) mass is 506 g/mol. The lowest BCUT2D eigenvalue weighted by molar-refractivity contribution is 0.217. The Morgan fingerprint density at radius 3 is 2.36 bits per heavy atom. The lowest BCUT2D eigenvalue weighted by atomic mass is 10.1. The van der Waals surface area contributed by atoms with Crippen molar-refractivity contribution in [3.8, 4) is 11.5 Å². The Bertz CT molecular complexity index is 578. The Morgan fingerprint density at radius 1 is 1.14 bits per heavy atom. The summed E-state index contributed by atoms with van der Waals surface area (Å²) in [6.45, 7) is 15.2. The van der Waals surface area contributed by atoms with Crippen molar-refractivity contribution in [1.29, 1.82) is 0 Å². The molecule has 0 aromatic heterocycles. The number of hydrogen-bond donors (Lipinski definition) is 2. The molecule has 6 nitrogen and oxygen atoms in total. The Kier molecular flexibility index (Phi) is 14.1. The average molecular weight is 506 g/mol. The van der Waals surface area contributed by atoms with Crippen molar-refractivity contribution in [1.82, 2.24) is 15.5 Å². The average Bonchev–Trinajstić information content (AvgIpc) is 2.68. The molecule has 0 spiro atoms. The molecule has 7 heteroatoms. The lowest BCUT2D eigenvalue weighted by Gasteiger charge is -2.21. The highest BCUT2D eigenvalue weighted by Gasteiger charge is 2.10. The quantitative estimate of drug-likeness (QED) is 0.272.